The van der Waals surface area contributed by atoms with Crippen molar-refractivity contribution in [2.45, 2.75) is 6.92 Å². The first kappa shape index (κ1) is 13.4. The van der Waals surface area contributed by atoms with Crippen LogP contribution in [0.3, 0.4) is 0 Å². The number of aromatic nitrogens is 5. The van der Waals surface area contributed by atoms with Crippen molar-refractivity contribution < 1.29 is 4.79 Å². The van der Waals surface area contributed by atoms with Gasteiger partial charge in [0.2, 0.25) is 0 Å². The fourth-order valence-electron chi connectivity index (χ4n) is 2.57. The van der Waals surface area contributed by atoms with Crippen molar-refractivity contribution in [2.75, 3.05) is 0 Å². The normalized spacial score (nSPS) is 11.0. The Balaban J connectivity index is 1.89. The molecule has 0 N–H and O–H groups in total. The molecule has 4 aromatic rings. The molecule has 0 aliphatic carbocycles. The van der Waals surface area contributed by atoms with Crippen molar-refractivity contribution in [3.8, 4) is 17.1 Å². The lowest BCUT2D eigenvalue weighted by atomic mass is 10.1. The molecule has 0 bridgehead atoms. The monoisotopic (exact) mass is 303 g/mol. The number of nitrogens with zero attached hydrogens (tertiary/aromatic N) is 5. The van der Waals surface area contributed by atoms with E-state index in [1.807, 2.05) is 41.2 Å². The van der Waals surface area contributed by atoms with Gasteiger partial charge in [0.05, 0.1) is 11.8 Å². The van der Waals surface area contributed by atoms with Crippen molar-refractivity contribution in [1.29, 1.82) is 0 Å². The number of carbonyl (C=O) groups excluding carboxylic acids is 1. The Hall–Kier alpha value is -3.28. The average molecular weight is 303 g/mol. The van der Waals surface area contributed by atoms with Gasteiger partial charge in [-0.2, -0.15) is 5.10 Å². The minimum atomic E-state index is 0.0335. The maximum Gasteiger partial charge on any atom is 0.165 e. The standard InChI is InChI=1S/C17H13N5O/c1-12(23)13-4-2-5-14(10-13)21-9-7-19-16(21)15-11-20-22-8-3-6-18-17(15)22/h2-11H,1H3. The molecule has 0 aliphatic heterocycles. The van der Waals surface area contributed by atoms with Gasteiger partial charge in [-0.3, -0.25) is 9.36 Å². The molecule has 0 atom stereocenters. The summed E-state index contributed by atoms with van der Waals surface area (Å²) in [5, 5.41) is 4.30. The topological polar surface area (TPSA) is 65.1 Å². The molecule has 1 aromatic carbocycles. The Bertz CT molecular complexity index is 1010. The molecule has 0 aliphatic rings. The van der Waals surface area contributed by atoms with Crippen LogP contribution in [-0.2, 0) is 0 Å². The minimum Gasteiger partial charge on any atom is -0.300 e. The first-order valence-electron chi connectivity index (χ1n) is 7.17. The number of ketones is 1. The van der Waals surface area contributed by atoms with E-state index in [1.54, 1.807) is 36.1 Å². The second-order valence-electron chi connectivity index (χ2n) is 5.17. The van der Waals surface area contributed by atoms with Crippen LogP contribution < -0.4 is 0 Å². The third-order valence-corrected chi connectivity index (χ3v) is 3.69. The highest BCUT2D eigenvalue weighted by molar-refractivity contribution is 5.94. The predicted molar refractivity (Wildman–Crippen MR) is 85.5 cm³/mol. The number of hydrogen-bond acceptors (Lipinski definition) is 4. The number of imidazole rings is 1. The van der Waals surface area contributed by atoms with Crippen molar-refractivity contribution >= 4 is 11.4 Å². The van der Waals surface area contributed by atoms with E-state index in [0.717, 1.165) is 22.7 Å². The van der Waals surface area contributed by atoms with Crippen molar-refractivity contribution in [1.82, 2.24) is 24.1 Å². The molecule has 0 unspecified atom stereocenters. The molecule has 3 aromatic heterocycles. The number of Topliss-reactive ketones (excluding diaryl/α,β-unsaturated/α-hetero) is 1. The maximum absolute atomic E-state index is 11.6. The zero-order valence-corrected chi connectivity index (χ0v) is 12.4. The summed E-state index contributed by atoms with van der Waals surface area (Å²) in [7, 11) is 0. The van der Waals surface area contributed by atoms with Gasteiger partial charge in [0.15, 0.2) is 11.4 Å². The Morgan fingerprint density at radius 1 is 1.09 bits per heavy atom. The summed E-state index contributed by atoms with van der Waals surface area (Å²) in [6.07, 6.45) is 8.90. The van der Waals surface area contributed by atoms with Crippen LogP contribution in [0.4, 0.5) is 0 Å². The summed E-state index contributed by atoms with van der Waals surface area (Å²) in [6.45, 7) is 1.56. The van der Waals surface area contributed by atoms with Crippen molar-refractivity contribution in [3.05, 3.63) is 66.9 Å². The van der Waals surface area contributed by atoms with E-state index >= 15 is 0 Å². The number of carbonyl (C=O) groups is 1. The molecular formula is C17H13N5O. The maximum atomic E-state index is 11.6. The SMILES string of the molecule is CC(=O)c1cccc(-n2ccnc2-c2cnn3cccnc23)c1. The van der Waals surface area contributed by atoms with E-state index in [0.29, 0.717) is 5.56 Å². The molecule has 0 spiro atoms. The van der Waals surface area contributed by atoms with Gasteiger partial charge in [0.1, 0.15) is 5.82 Å². The highest BCUT2D eigenvalue weighted by atomic mass is 16.1. The van der Waals surface area contributed by atoms with E-state index in [-0.39, 0.29) is 5.78 Å². The molecule has 3 heterocycles. The molecule has 6 heteroatoms. The lowest BCUT2D eigenvalue weighted by molar-refractivity contribution is 0.101. The second kappa shape index (κ2) is 5.17. The Labute approximate surface area is 132 Å². The van der Waals surface area contributed by atoms with E-state index in [9.17, 15) is 4.79 Å². The quantitative estimate of drug-likeness (QED) is 0.546. The number of hydrogen-bond donors (Lipinski definition) is 0. The predicted octanol–water partition coefficient (Wildman–Crippen LogP) is 2.78. The highest BCUT2D eigenvalue weighted by Gasteiger charge is 2.14. The second-order valence-corrected chi connectivity index (χ2v) is 5.17. The summed E-state index contributed by atoms with van der Waals surface area (Å²) in [4.78, 5) is 20.4. The van der Waals surface area contributed by atoms with E-state index < -0.39 is 0 Å². The largest absolute Gasteiger partial charge is 0.300 e. The van der Waals surface area contributed by atoms with E-state index in [4.69, 9.17) is 0 Å². The molecule has 23 heavy (non-hydrogen) atoms. The smallest absolute Gasteiger partial charge is 0.165 e. The van der Waals surface area contributed by atoms with Crippen molar-refractivity contribution in [2.24, 2.45) is 0 Å². The van der Waals surface area contributed by atoms with E-state index in [2.05, 4.69) is 15.1 Å². The molecule has 112 valence electrons. The minimum absolute atomic E-state index is 0.0335. The van der Waals surface area contributed by atoms with Crippen LogP contribution >= 0.6 is 0 Å². The van der Waals surface area contributed by atoms with Gasteiger partial charge in [-0.1, -0.05) is 12.1 Å². The van der Waals surface area contributed by atoms with E-state index in [1.165, 1.54) is 0 Å². The zero-order chi connectivity index (χ0) is 15.8. The Morgan fingerprint density at radius 2 is 2.00 bits per heavy atom. The molecule has 0 saturated heterocycles. The van der Waals surface area contributed by atoms with Gasteiger partial charge in [-0.25, -0.2) is 14.5 Å². The molecule has 0 fully saturated rings. The summed E-state index contributed by atoms with van der Waals surface area (Å²) in [6, 6.07) is 9.29. The molecule has 6 nitrogen and oxygen atoms in total. The van der Waals surface area contributed by atoms with Crippen LogP contribution in [0, 0.1) is 0 Å². The number of fused-ring (bicyclic) bond motifs is 1. The number of benzene rings is 1. The fourth-order valence-corrected chi connectivity index (χ4v) is 2.57. The fraction of sp³-hybridized carbons (Fsp3) is 0.0588. The first-order chi connectivity index (χ1) is 11.2. The van der Waals surface area contributed by atoms with Gasteiger partial charge in [0, 0.05) is 36.0 Å². The average Bonchev–Trinajstić information content (AvgIpc) is 3.21. The third-order valence-electron chi connectivity index (χ3n) is 3.69. The summed E-state index contributed by atoms with van der Waals surface area (Å²) in [5.41, 5.74) is 3.12. The molecular weight excluding hydrogens is 290 g/mol. The first-order valence-corrected chi connectivity index (χ1v) is 7.17. The summed E-state index contributed by atoms with van der Waals surface area (Å²) in [5.74, 6) is 0.769. The van der Waals surface area contributed by atoms with Crippen LogP contribution in [-0.4, -0.2) is 29.9 Å². The van der Waals surface area contributed by atoms with Gasteiger partial charge < -0.3 is 0 Å². The van der Waals surface area contributed by atoms with Crippen LogP contribution in [0.1, 0.15) is 17.3 Å². The zero-order valence-electron chi connectivity index (χ0n) is 12.4. The molecule has 4 rings (SSSR count). The van der Waals surface area contributed by atoms with Gasteiger partial charge >= 0.3 is 0 Å². The van der Waals surface area contributed by atoms with Crippen LogP contribution in [0.25, 0.3) is 22.7 Å². The van der Waals surface area contributed by atoms with Crippen LogP contribution in [0.5, 0.6) is 0 Å². The van der Waals surface area contributed by atoms with Gasteiger partial charge in [0.25, 0.3) is 0 Å². The summed E-state index contributed by atoms with van der Waals surface area (Å²) >= 11 is 0. The molecule has 0 saturated carbocycles. The lowest BCUT2D eigenvalue weighted by Gasteiger charge is -2.08. The van der Waals surface area contributed by atoms with Gasteiger partial charge in [-0.15, -0.1) is 0 Å². The van der Waals surface area contributed by atoms with Crippen molar-refractivity contribution in [3.63, 3.8) is 0 Å². The van der Waals surface area contributed by atoms with Gasteiger partial charge in [-0.05, 0) is 25.1 Å². The van der Waals surface area contributed by atoms with Crippen LogP contribution in [0.2, 0.25) is 0 Å². The summed E-state index contributed by atoms with van der Waals surface area (Å²) < 4.78 is 3.64. The molecule has 0 amide bonds. The number of rotatable bonds is 3. The Kier molecular flexibility index (Phi) is 3.01. The Morgan fingerprint density at radius 3 is 2.87 bits per heavy atom. The van der Waals surface area contributed by atoms with Crippen LogP contribution in [0.15, 0.2) is 61.3 Å². The molecule has 0 radical (unpaired) electrons. The highest BCUT2D eigenvalue weighted by Crippen LogP contribution is 2.24. The lowest BCUT2D eigenvalue weighted by Crippen LogP contribution is -1.99. The third kappa shape index (κ3) is 2.20.